The summed E-state index contributed by atoms with van der Waals surface area (Å²) >= 11 is 0. The van der Waals surface area contributed by atoms with Crippen molar-refractivity contribution < 1.29 is 4.74 Å². The number of aryl methyl sites for hydroxylation is 1. The van der Waals surface area contributed by atoms with E-state index in [9.17, 15) is 0 Å². The molecule has 0 saturated carbocycles. The fourth-order valence-electron chi connectivity index (χ4n) is 2.93. The number of methoxy groups -OCH3 is 1. The Morgan fingerprint density at radius 3 is 2.11 bits per heavy atom. The monoisotopic (exact) mass is 352 g/mol. The summed E-state index contributed by atoms with van der Waals surface area (Å²) in [5, 5.41) is 0. The first-order chi connectivity index (χ1) is 13.3. The SMILES string of the molecule is CO/C=C/Cc1ccccc1CC#Cc1ccc(-c2ccc(C)cc2)cc1. The van der Waals surface area contributed by atoms with Crippen molar-refractivity contribution in [2.45, 2.75) is 19.8 Å². The van der Waals surface area contributed by atoms with Gasteiger partial charge in [0.2, 0.25) is 0 Å². The molecule has 0 fully saturated rings. The summed E-state index contributed by atoms with van der Waals surface area (Å²) < 4.78 is 4.98. The first-order valence-corrected chi connectivity index (χ1v) is 9.17. The van der Waals surface area contributed by atoms with Gasteiger partial charge >= 0.3 is 0 Å². The molecule has 134 valence electrons. The second-order valence-electron chi connectivity index (χ2n) is 6.50. The molecule has 0 unspecified atom stereocenters. The van der Waals surface area contributed by atoms with E-state index in [1.807, 2.05) is 6.08 Å². The molecule has 0 aliphatic rings. The highest BCUT2D eigenvalue weighted by molar-refractivity contribution is 5.64. The molecular weight excluding hydrogens is 328 g/mol. The van der Waals surface area contributed by atoms with E-state index in [1.54, 1.807) is 13.4 Å². The molecule has 0 aliphatic carbocycles. The van der Waals surface area contributed by atoms with E-state index in [4.69, 9.17) is 4.74 Å². The zero-order valence-corrected chi connectivity index (χ0v) is 15.9. The van der Waals surface area contributed by atoms with Crippen molar-refractivity contribution in [2.24, 2.45) is 0 Å². The zero-order chi connectivity index (χ0) is 18.9. The van der Waals surface area contributed by atoms with E-state index in [0.29, 0.717) is 0 Å². The van der Waals surface area contributed by atoms with Crippen LogP contribution in [0.3, 0.4) is 0 Å². The van der Waals surface area contributed by atoms with Gasteiger partial charge in [-0.25, -0.2) is 0 Å². The van der Waals surface area contributed by atoms with E-state index in [2.05, 4.69) is 91.6 Å². The van der Waals surface area contributed by atoms with Crippen LogP contribution in [-0.4, -0.2) is 7.11 Å². The minimum atomic E-state index is 0.747. The topological polar surface area (TPSA) is 9.23 Å². The molecule has 0 radical (unpaired) electrons. The fourth-order valence-corrected chi connectivity index (χ4v) is 2.93. The van der Waals surface area contributed by atoms with Gasteiger partial charge in [-0.15, -0.1) is 0 Å². The van der Waals surface area contributed by atoms with Crippen LogP contribution < -0.4 is 0 Å². The van der Waals surface area contributed by atoms with Crippen LogP contribution in [0.2, 0.25) is 0 Å². The van der Waals surface area contributed by atoms with Gasteiger partial charge in [0.05, 0.1) is 13.4 Å². The summed E-state index contributed by atoms with van der Waals surface area (Å²) in [6.07, 6.45) is 5.35. The van der Waals surface area contributed by atoms with E-state index in [0.717, 1.165) is 18.4 Å². The third kappa shape index (κ3) is 5.36. The molecule has 1 nitrogen and oxygen atoms in total. The third-order valence-electron chi connectivity index (χ3n) is 4.47. The van der Waals surface area contributed by atoms with Crippen molar-refractivity contribution in [1.29, 1.82) is 0 Å². The minimum absolute atomic E-state index is 0.747. The van der Waals surface area contributed by atoms with Crippen LogP contribution in [0.1, 0.15) is 22.3 Å². The smallest absolute Gasteiger partial charge is 0.0788 e. The third-order valence-corrected chi connectivity index (χ3v) is 4.47. The quantitative estimate of drug-likeness (QED) is 0.407. The van der Waals surface area contributed by atoms with Crippen molar-refractivity contribution >= 4 is 0 Å². The van der Waals surface area contributed by atoms with Crippen LogP contribution in [0.5, 0.6) is 0 Å². The number of rotatable bonds is 5. The fraction of sp³-hybridized carbons (Fsp3) is 0.154. The van der Waals surface area contributed by atoms with Crippen molar-refractivity contribution in [2.75, 3.05) is 7.11 Å². The van der Waals surface area contributed by atoms with Crippen LogP contribution in [0.15, 0.2) is 85.1 Å². The highest BCUT2D eigenvalue weighted by Crippen LogP contribution is 2.20. The van der Waals surface area contributed by atoms with Gasteiger partial charge in [0, 0.05) is 12.0 Å². The summed E-state index contributed by atoms with van der Waals surface area (Å²) in [5.74, 6) is 6.59. The molecule has 0 spiro atoms. The van der Waals surface area contributed by atoms with Crippen molar-refractivity contribution in [3.63, 3.8) is 0 Å². The maximum Gasteiger partial charge on any atom is 0.0788 e. The second kappa shape index (κ2) is 9.46. The molecule has 3 aromatic carbocycles. The standard InChI is InChI=1S/C26H24O/c1-21-12-16-25(17-13-21)26-18-14-22(15-19-26)7-5-10-23-8-3-4-9-24(23)11-6-20-27-2/h3-4,6,8-9,12-20H,10-11H2,1-2H3/b20-6+. The number of ether oxygens (including phenoxy) is 1. The summed E-state index contributed by atoms with van der Waals surface area (Å²) in [5.41, 5.74) is 7.33. The molecule has 0 N–H and O–H groups in total. The Kier molecular flexibility index (Phi) is 6.50. The molecule has 0 aromatic heterocycles. The van der Waals surface area contributed by atoms with E-state index in [1.165, 1.54) is 27.8 Å². The summed E-state index contributed by atoms with van der Waals surface area (Å²) in [6, 6.07) is 25.5. The number of hydrogen-bond donors (Lipinski definition) is 0. The molecule has 0 saturated heterocycles. The van der Waals surface area contributed by atoms with Gasteiger partial charge in [-0.1, -0.05) is 78.1 Å². The normalized spacial score (nSPS) is 10.4. The van der Waals surface area contributed by atoms with Crippen LogP contribution in [0.25, 0.3) is 11.1 Å². The molecule has 3 rings (SSSR count). The molecule has 1 heteroatoms. The van der Waals surface area contributed by atoms with E-state index in [-0.39, 0.29) is 0 Å². The summed E-state index contributed by atoms with van der Waals surface area (Å²) in [4.78, 5) is 0. The second-order valence-corrected chi connectivity index (χ2v) is 6.50. The lowest BCUT2D eigenvalue weighted by atomic mass is 10.0. The van der Waals surface area contributed by atoms with Crippen LogP contribution >= 0.6 is 0 Å². The molecular formula is C26H24O. The Balaban J connectivity index is 1.68. The van der Waals surface area contributed by atoms with Gasteiger partial charge in [-0.2, -0.15) is 0 Å². The largest absolute Gasteiger partial charge is 0.505 e. The highest BCUT2D eigenvalue weighted by Gasteiger charge is 1.99. The van der Waals surface area contributed by atoms with Gasteiger partial charge in [0.15, 0.2) is 0 Å². The van der Waals surface area contributed by atoms with Crippen molar-refractivity contribution in [1.82, 2.24) is 0 Å². The van der Waals surface area contributed by atoms with Gasteiger partial charge < -0.3 is 4.74 Å². The van der Waals surface area contributed by atoms with E-state index < -0.39 is 0 Å². The Morgan fingerprint density at radius 1 is 0.815 bits per heavy atom. The molecule has 0 aliphatic heterocycles. The molecule has 0 atom stereocenters. The predicted octanol–water partition coefficient (Wildman–Crippen LogP) is 5.96. The average molecular weight is 352 g/mol. The minimum Gasteiger partial charge on any atom is -0.505 e. The maximum absolute atomic E-state index is 4.98. The van der Waals surface area contributed by atoms with Crippen LogP contribution in [-0.2, 0) is 17.6 Å². The number of benzene rings is 3. The lowest BCUT2D eigenvalue weighted by Gasteiger charge is -2.04. The van der Waals surface area contributed by atoms with Gasteiger partial charge in [-0.3, -0.25) is 0 Å². The van der Waals surface area contributed by atoms with Gasteiger partial charge in [-0.05, 0) is 53.8 Å². The predicted molar refractivity (Wildman–Crippen MR) is 113 cm³/mol. The average Bonchev–Trinajstić information content (AvgIpc) is 2.70. The van der Waals surface area contributed by atoms with Crippen LogP contribution in [0, 0.1) is 18.8 Å². The highest BCUT2D eigenvalue weighted by atomic mass is 16.5. The van der Waals surface area contributed by atoms with E-state index >= 15 is 0 Å². The summed E-state index contributed by atoms with van der Waals surface area (Å²) in [6.45, 7) is 2.11. The first kappa shape index (κ1) is 18.5. The lowest BCUT2D eigenvalue weighted by molar-refractivity contribution is 0.337. The molecule has 0 amide bonds. The Hall–Kier alpha value is -3.24. The molecule has 3 aromatic rings. The number of hydrogen-bond acceptors (Lipinski definition) is 1. The maximum atomic E-state index is 4.98. The zero-order valence-electron chi connectivity index (χ0n) is 15.9. The molecule has 27 heavy (non-hydrogen) atoms. The first-order valence-electron chi connectivity index (χ1n) is 9.17. The summed E-state index contributed by atoms with van der Waals surface area (Å²) in [7, 11) is 1.66. The Morgan fingerprint density at radius 2 is 1.44 bits per heavy atom. The van der Waals surface area contributed by atoms with Crippen molar-refractivity contribution in [3.05, 3.63) is 107 Å². The molecule has 0 heterocycles. The van der Waals surface area contributed by atoms with Gasteiger partial charge in [0.1, 0.15) is 0 Å². The Labute approximate surface area is 162 Å². The van der Waals surface area contributed by atoms with Crippen LogP contribution in [0.4, 0.5) is 0 Å². The van der Waals surface area contributed by atoms with Crippen molar-refractivity contribution in [3.8, 4) is 23.0 Å². The Bertz CT molecular complexity index is 952. The lowest BCUT2D eigenvalue weighted by Crippen LogP contribution is -1.91. The van der Waals surface area contributed by atoms with Gasteiger partial charge in [0.25, 0.3) is 0 Å². The number of allylic oxidation sites excluding steroid dienone is 1. The molecule has 0 bridgehead atoms.